The molecule has 2 heterocycles. The fraction of sp³-hybridized carbons (Fsp3) is 0.273. The van der Waals surface area contributed by atoms with Gasteiger partial charge in [-0.1, -0.05) is 0 Å². The van der Waals surface area contributed by atoms with Crippen LogP contribution in [0.3, 0.4) is 0 Å². The quantitative estimate of drug-likeness (QED) is 0.655. The van der Waals surface area contributed by atoms with Crippen LogP contribution in [0.15, 0.2) is 36.4 Å². The normalized spacial score (nSPS) is 13.6. The third-order valence-corrected chi connectivity index (χ3v) is 4.86. The maximum Gasteiger partial charge on any atom is 0.264 e. The highest BCUT2D eigenvalue weighted by molar-refractivity contribution is 5.97. The number of halogens is 3. The van der Waals surface area contributed by atoms with E-state index in [1.165, 1.54) is 28.9 Å². The van der Waals surface area contributed by atoms with E-state index in [1.807, 2.05) is 13.0 Å². The summed E-state index contributed by atoms with van der Waals surface area (Å²) in [6.45, 7) is 3.72. The first-order valence-electron chi connectivity index (χ1n) is 9.41. The third-order valence-electron chi connectivity index (χ3n) is 4.86. The van der Waals surface area contributed by atoms with Gasteiger partial charge in [-0.2, -0.15) is 5.10 Å². The summed E-state index contributed by atoms with van der Waals surface area (Å²) in [5, 5.41) is 7.13. The summed E-state index contributed by atoms with van der Waals surface area (Å²) in [7, 11) is 0. The van der Waals surface area contributed by atoms with Gasteiger partial charge < -0.3 is 10.1 Å². The zero-order valence-electron chi connectivity index (χ0n) is 16.7. The number of aromatic nitrogens is 2. The number of fused-ring (bicyclic) bond motifs is 1. The van der Waals surface area contributed by atoms with Crippen LogP contribution < -0.4 is 10.1 Å². The number of nitrogens with one attached hydrogen (secondary N) is 1. The summed E-state index contributed by atoms with van der Waals surface area (Å²) in [5.41, 5.74) is 4.19. The van der Waals surface area contributed by atoms with Gasteiger partial charge in [0.15, 0.2) is 6.61 Å². The molecule has 156 valence electrons. The number of hydrogen-bond acceptors (Lipinski definition) is 3. The van der Waals surface area contributed by atoms with Crippen LogP contribution in [0.5, 0.6) is 5.75 Å². The summed E-state index contributed by atoms with van der Waals surface area (Å²) in [4.78, 5) is 11.8. The van der Waals surface area contributed by atoms with Crippen LogP contribution in [0.1, 0.15) is 18.2 Å². The molecule has 0 saturated heterocycles. The van der Waals surface area contributed by atoms with Gasteiger partial charge in [-0.15, -0.1) is 0 Å². The monoisotopic (exact) mass is 415 g/mol. The van der Waals surface area contributed by atoms with E-state index in [4.69, 9.17) is 4.74 Å². The van der Waals surface area contributed by atoms with Crippen molar-refractivity contribution in [3.8, 4) is 28.1 Å². The number of ether oxygens (including phenoxy) is 1. The molecule has 0 saturated carbocycles. The smallest absolute Gasteiger partial charge is 0.264 e. The average Bonchev–Trinajstić information content (AvgIpc) is 2.95. The second-order valence-electron chi connectivity index (χ2n) is 7.55. The molecule has 1 aliphatic heterocycles. The molecule has 2 aromatic carbocycles. The largest absolute Gasteiger partial charge is 0.481 e. The first-order chi connectivity index (χ1) is 14.1. The van der Waals surface area contributed by atoms with Gasteiger partial charge in [-0.3, -0.25) is 9.48 Å². The van der Waals surface area contributed by atoms with E-state index in [-0.39, 0.29) is 12.5 Å². The lowest BCUT2D eigenvalue weighted by Gasteiger charge is -2.21. The average molecular weight is 415 g/mol. The van der Waals surface area contributed by atoms with E-state index in [1.54, 1.807) is 13.0 Å². The maximum absolute atomic E-state index is 13.9. The molecule has 1 aliphatic rings. The van der Waals surface area contributed by atoms with Crippen molar-refractivity contribution in [1.82, 2.24) is 9.78 Å². The Kier molecular flexibility index (Phi) is 4.80. The van der Waals surface area contributed by atoms with E-state index >= 15 is 0 Å². The third kappa shape index (κ3) is 3.77. The summed E-state index contributed by atoms with van der Waals surface area (Å²) in [6, 6.07) is 9.24. The summed E-state index contributed by atoms with van der Waals surface area (Å²) in [5.74, 6) is -3.10. The molecule has 0 fully saturated rings. The van der Waals surface area contributed by atoms with Crippen molar-refractivity contribution < 1.29 is 22.7 Å². The molecule has 1 amide bonds. The van der Waals surface area contributed by atoms with Gasteiger partial charge in [0.1, 0.15) is 18.1 Å². The Labute approximate surface area is 171 Å². The highest BCUT2D eigenvalue weighted by Gasteiger charge is 2.28. The van der Waals surface area contributed by atoms with Gasteiger partial charge in [0.2, 0.25) is 0 Å². The second-order valence-corrected chi connectivity index (χ2v) is 7.55. The number of nitrogens with zero attached hydrogens (tertiary/aromatic N) is 2. The van der Waals surface area contributed by atoms with Gasteiger partial charge in [-0.25, -0.2) is 13.2 Å². The highest BCUT2D eigenvalue weighted by Crippen LogP contribution is 2.41. The summed E-state index contributed by atoms with van der Waals surface area (Å²) in [6.07, 6.45) is 0. The Morgan fingerprint density at radius 3 is 2.53 bits per heavy atom. The number of anilines is 1. The van der Waals surface area contributed by atoms with Crippen LogP contribution >= 0.6 is 0 Å². The molecule has 0 unspecified atom stereocenters. The lowest BCUT2D eigenvalue weighted by molar-refractivity contribution is -0.118. The van der Waals surface area contributed by atoms with Crippen molar-refractivity contribution in [2.45, 2.75) is 33.2 Å². The summed E-state index contributed by atoms with van der Waals surface area (Å²) < 4.78 is 48.0. The number of aryl methyl sites for hydroxylation is 2. The minimum atomic E-state index is -2.99. The molecule has 30 heavy (non-hydrogen) atoms. The second kappa shape index (κ2) is 7.19. The Balaban J connectivity index is 1.94. The first kappa shape index (κ1) is 20.0. The number of amides is 1. The summed E-state index contributed by atoms with van der Waals surface area (Å²) >= 11 is 0. The lowest BCUT2D eigenvalue weighted by atomic mass is 9.96. The van der Waals surface area contributed by atoms with Gasteiger partial charge in [0, 0.05) is 18.1 Å². The number of carbonyl (C=O) groups is 1. The van der Waals surface area contributed by atoms with Gasteiger partial charge in [-0.05, 0) is 61.4 Å². The molecule has 1 N–H and O–H groups in total. The van der Waals surface area contributed by atoms with Crippen LogP contribution in [0.4, 0.5) is 18.9 Å². The standard InChI is InChI=1S/C22H20F3N3O2/c1-12-8-15(9-17-21(12)30-10-18(29)26-17)19-13(2)27-28(11-22(3,24)25)20(19)14-4-6-16(23)7-5-14/h4-9H,10-11H2,1-3H3,(H,26,29). The van der Waals surface area contributed by atoms with E-state index in [0.29, 0.717) is 39.5 Å². The molecule has 0 spiro atoms. The van der Waals surface area contributed by atoms with Gasteiger partial charge in [0.25, 0.3) is 11.8 Å². The number of alkyl halides is 2. The molecule has 3 aromatic rings. The topological polar surface area (TPSA) is 56.2 Å². The molecule has 4 rings (SSSR count). The van der Waals surface area contributed by atoms with Crippen LogP contribution in [0, 0.1) is 19.7 Å². The zero-order chi connectivity index (χ0) is 21.6. The molecule has 5 nitrogen and oxygen atoms in total. The highest BCUT2D eigenvalue weighted by atomic mass is 19.3. The Morgan fingerprint density at radius 1 is 1.17 bits per heavy atom. The van der Waals surface area contributed by atoms with Crippen LogP contribution in [-0.4, -0.2) is 28.2 Å². The molecule has 0 atom stereocenters. The van der Waals surface area contributed by atoms with Crippen LogP contribution in [0.25, 0.3) is 22.4 Å². The van der Waals surface area contributed by atoms with Crippen molar-refractivity contribution in [1.29, 1.82) is 0 Å². The Hall–Kier alpha value is -3.29. The fourth-order valence-corrected chi connectivity index (χ4v) is 3.73. The van der Waals surface area contributed by atoms with Crippen LogP contribution in [-0.2, 0) is 11.3 Å². The van der Waals surface area contributed by atoms with Crippen molar-refractivity contribution in [3.05, 3.63) is 53.5 Å². The zero-order valence-corrected chi connectivity index (χ0v) is 16.7. The first-order valence-corrected chi connectivity index (χ1v) is 9.41. The number of rotatable bonds is 4. The van der Waals surface area contributed by atoms with E-state index in [0.717, 1.165) is 12.5 Å². The number of carbonyl (C=O) groups excluding carboxylic acids is 1. The Morgan fingerprint density at radius 2 is 1.87 bits per heavy atom. The molecule has 1 aromatic heterocycles. The molecule has 8 heteroatoms. The lowest BCUT2D eigenvalue weighted by Crippen LogP contribution is -2.25. The van der Waals surface area contributed by atoms with Crippen molar-refractivity contribution in [2.24, 2.45) is 0 Å². The van der Waals surface area contributed by atoms with Crippen molar-refractivity contribution in [2.75, 3.05) is 11.9 Å². The molecular weight excluding hydrogens is 395 g/mol. The molecule has 0 radical (unpaired) electrons. The van der Waals surface area contributed by atoms with Crippen molar-refractivity contribution >= 4 is 11.6 Å². The molecule has 0 bridgehead atoms. The van der Waals surface area contributed by atoms with Gasteiger partial charge >= 0.3 is 0 Å². The van der Waals surface area contributed by atoms with E-state index < -0.39 is 18.3 Å². The predicted octanol–water partition coefficient (Wildman–Crippen LogP) is 4.96. The SMILES string of the molecule is Cc1cc(-c2c(C)nn(CC(C)(F)F)c2-c2ccc(F)cc2)cc2c1OCC(=O)N2. The van der Waals surface area contributed by atoms with Gasteiger partial charge in [0.05, 0.1) is 17.1 Å². The van der Waals surface area contributed by atoms with Crippen LogP contribution in [0.2, 0.25) is 0 Å². The van der Waals surface area contributed by atoms with E-state index in [2.05, 4.69) is 10.4 Å². The predicted molar refractivity (Wildman–Crippen MR) is 107 cm³/mol. The molecule has 0 aliphatic carbocycles. The Bertz CT molecular complexity index is 1130. The van der Waals surface area contributed by atoms with Crippen molar-refractivity contribution in [3.63, 3.8) is 0 Å². The fourth-order valence-electron chi connectivity index (χ4n) is 3.73. The number of benzene rings is 2. The maximum atomic E-state index is 13.9. The van der Waals surface area contributed by atoms with E-state index in [9.17, 15) is 18.0 Å². The minimum Gasteiger partial charge on any atom is -0.481 e. The minimum absolute atomic E-state index is 0.0590. The molecular formula is C22H20F3N3O2. The number of hydrogen-bond donors (Lipinski definition) is 1.